The largest absolute Gasteiger partial charge is 0.508 e. The molecule has 0 aliphatic heterocycles. The van der Waals surface area contributed by atoms with Gasteiger partial charge in [-0.25, -0.2) is 0 Å². The third kappa shape index (κ3) is 9.38. The minimum absolute atomic E-state index is 0.251. The lowest BCUT2D eigenvalue weighted by atomic mass is 9.93. The van der Waals surface area contributed by atoms with E-state index in [-0.39, 0.29) is 11.7 Å². The van der Waals surface area contributed by atoms with E-state index >= 15 is 0 Å². The van der Waals surface area contributed by atoms with Gasteiger partial charge >= 0.3 is 5.97 Å². The summed E-state index contributed by atoms with van der Waals surface area (Å²) in [4.78, 5) is 11.6. The second kappa shape index (κ2) is 15.7. The van der Waals surface area contributed by atoms with E-state index in [1.54, 1.807) is 12.1 Å². The number of carbonyl (C=O) groups is 1. The standard InChI is InChI=1S/C25H26O3.2C2H6/c26-24-11-5-10-23(18-24)21-15-12-20(13-16-21)14-17-22(25(27)28)9-4-8-19-6-2-1-3-7-19;2*1-2/h1-3,5-7,10-13,15-16,18,22,26H,4,8-9,14,17H2,(H,27,28);2*1-2H3. The Kier molecular flexibility index (Phi) is 13.2. The van der Waals surface area contributed by atoms with Gasteiger partial charge in [0.15, 0.2) is 0 Å². The maximum Gasteiger partial charge on any atom is 0.306 e. The highest BCUT2D eigenvalue weighted by atomic mass is 16.4. The summed E-state index contributed by atoms with van der Waals surface area (Å²) in [6, 6.07) is 25.5. The number of aryl methyl sites for hydroxylation is 2. The second-order valence-electron chi connectivity index (χ2n) is 7.20. The molecule has 0 aliphatic carbocycles. The van der Waals surface area contributed by atoms with Crippen LogP contribution in [0, 0.1) is 5.92 Å². The number of carboxylic acids is 1. The van der Waals surface area contributed by atoms with Crippen LogP contribution in [0.5, 0.6) is 5.75 Å². The van der Waals surface area contributed by atoms with Crippen LogP contribution < -0.4 is 0 Å². The summed E-state index contributed by atoms with van der Waals surface area (Å²) in [6.07, 6.45) is 3.91. The smallest absolute Gasteiger partial charge is 0.306 e. The van der Waals surface area contributed by atoms with Gasteiger partial charge in [-0.1, -0.05) is 94.4 Å². The molecule has 0 bridgehead atoms. The van der Waals surface area contributed by atoms with Crippen molar-refractivity contribution in [2.45, 2.75) is 59.8 Å². The molecule has 3 heteroatoms. The molecule has 0 amide bonds. The number of carboxylic acid groups (broad SMARTS) is 1. The number of phenolic OH excluding ortho intramolecular Hbond substituents is 1. The van der Waals surface area contributed by atoms with E-state index in [4.69, 9.17) is 0 Å². The Labute approximate surface area is 193 Å². The molecular formula is C29H38O3. The number of hydrogen-bond donors (Lipinski definition) is 2. The molecule has 3 rings (SSSR count). The van der Waals surface area contributed by atoms with Crippen molar-refractivity contribution >= 4 is 5.97 Å². The summed E-state index contributed by atoms with van der Waals surface area (Å²) in [6.45, 7) is 8.00. The van der Waals surface area contributed by atoms with Gasteiger partial charge < -0.3 is 10.2 Å². The van der Waals surface area contributed by atoms with Gasteiger partial charge in [-0.2, -0.15) is 0 Å². The van der Waals surface area contributed by atoms with Gasteiger partial charge in [0.25, 0.3) is 0 Å². The molecule has 0 radical (unpaired) electrons. The van der Waals surface area contributed by atoms with E-state index in [2.05, 4.69) is 12.1 Å². The van der Waals surface area contributed by atoms with E-state index in [1.165, 1.54) is 5.56 Å². The Balaban J connectivity index is 0.00000121. The molecular weight excluding hydrogens is 396 g/mol. The topological polar surface area (TPSA) is 57.5 Å². The Bertz CT molecular complexity index is 886. The summed E-state index contributed by atoms with van der Waals surface area (Å²) < 4.78 is 0. The van der Waals surface area contributed by atoms with Gasteiger partial charge in [0.2, 0.25) is 0 Å². The molecule has 2 N–H and O–H groups in total. The highest BCUT2D eigenvalue weighted by Crippen LogP contribution is 2.24. The van der Waals surface area contributed by atoms with Crippen molar-refractivity contribution in [2.24, 2.45) is 5.92 Å². The number of phenols is 1. The molecule has 3 nitrogen and oxygen atoms in total. The molecule has 0 aliphatic rings. The van der Waals surface area contributed by atoms with Crippen molar-refractivity contribution < 1.29 is 15.0 Å². The fourth-order valence-electron chi connectivity index (χ4n) is 3.48. The average Bonchev–Trinajstić information content (AvgIpc) is 2.84. The summed E-state index contributed by atoms with van der Waals surface area (Å²) >= 11 is 0. The molecule has 32 heavy (non-hydrogen) atoms. The number of rotatable bonds is 9. The zero-order valence-corrected chi connectivity index (χ0v) is 19.9. The van der Waals surface area contributed by atoms with Gasteiger partial charge in [0.05, 0.1) is 5.92 Å². The van der Waals surface area contributed by atoms with Gasteiger partial charge in [-0.05, 0) is 66.5 Å². The fraction of sp³-hybridized carbons (Fsp3) is 0.345. The van der Waals surface area contributed by atoms with Crippen molar-refractivity contribution in [1.29, 1.82) is 0 Å². The van der Waals surface area contributed by atoms with Gasteiger partial charge in [0, 0.05) is 0 Å². The zero-order chi connectivity index (χ0) is 23.8. The minimum atomic E-state index is -0.704. The Morgan fingerprint density at radius 2 is 1.34 bits per heavy atom. The first-order valence-corrected chi connectivity index (χ1v) is 11.8. The molecule has 0 aromatic heterocycles. The quantitative estimate of drug-likeness (QED) is 0.362. The summed E-state index contributed by atoms with van der Waals surface area (Å²) in [5.41, 5.74) is 4.40. The molecule has 172 valence electrons. The van der Waals surface area contributed by atoms with E-state index in [0.717, 1.165) is 36.0 Å². The van der Waals surface area contributed by atoms with E-state index in [1.807, 2.05) is 82.3 Å². The van der Waals surface area contributed by atoms with Crippen molar-refractivity contribution in [3.05, 3.63) is 90.0 Å². The van der Waals surface area contributed by atoms with Crippen LogP contribution >= 0.6 is 0 Å². The van der Waals surface area contributed by atoms with Crippen LogP contribution in [0.2, 0.25) is 0 Å². The molecule has 0 saturated carbocycles. The van der Waals surface area contributed by atoms with Crippen LogP contribution in [0.25, 0.3) is 11.1 Å². The zero-order valence-electron chi connectivity index (χ0n) is 19.9. The van der Waals surface area contributed by atoms with E-state index < -0.39 is 5.97 Å². The number of benzene rings is 3. The first kappa shape index (κ1) is 27.0. The van der Waals surface area contributed by atoms with E-state index in [0.29, 0.717) is 12.8 Å². The van der Waals surface area contributed by atoms with Crippen LogP contribution in [0.1, 0.15) is 58.1 Å². The predicted octanol–water partition coefficient (Wildman–Crippen LogP) is 7.77. The SMILES string of the molecule is CC.CC.O=C(O)C(CCCc1ccccc1)CCc1ccc(-c2cccc(O)c2)cc1. The molecule has 0 spiro atoms. The van der Waals surface area contributed by atoms with Crippen LogP contribution in [-0.4, -0.2) is 16.2 Å². The lowest BCUT2D eigenvalue weighted by Gasteiger charge is -2.13. The average molecular weight is 435 g/mol. The Morgan fingerprint density at radius 1 is 0.719 bits per heavy atom. The maximum atomic E-state index is 11.6. The maximum absolute atomic E-state index is 11.6. The van der Waals surface area contributed by atoms with Crippen molar-refractivity contribution in [2.75, 3.05) is 0 Å². The van der Waals surface area contributed by atoms with Crippen molar-refractivity contribution in [3.8, 4) is 16.9 Å². The van der Waals surface area contributed by atoms with Crippen LogP contribution in [-0.2, 0) is 17.6 Å². The Morgan fingerprint density at radius 3 is 1.94 bits per heavy atom. The highest BCUT2D eigenvalue weighted by molar-refractivity contribution is 5.70. The van der Waals surface area contributed by atoms with Crippen LogP contribution in [0.15, 0.2) is 78.9 Å². The number of hydrogen-bond acceptors (Lipinski definition) is 2. The monoisotopic (exact) mass is 434 g/mol. The van der Waals surface area contributed by atoms with Gasteiger partial charge in [-0.15, -0.1) is 0 Å². The fourth-order valence-corrected chi connectivity index (χ4v) is 3.48. The summed E-state index contributed by atoms with van der Waals surface area (Å²) in [7, 11) is 0. The third-order valence-corrected chi connectivity index (χ3v) is 5.13. The summed E-state index contributed by atoms with van der Waals surface area (Å²) in [5.74, 6) is -0.764. The molecule has 0 fully saturated rings. The molecule has 0 saturated heterocycles. The molecule has 3 aromatic rings. The lowest BCUT2D eigenvalue weighted by molar-refractivity contribution is -0.142. The van der Waals surface area contributed by atoms with Gasteiger partial charge in [0.1, 0.15) is 5.75 Å². The van der Waals surface area contributed by atoms with Crippen molar-refractivity contribution in [3.63, 3.8) is 0 Å². The predicted molar refractivity (Wildman–Crippen MR) is 135 cm³/mol. The van der Waals surface area contributed by atoms with E-state index in [9.17, 15) is 15.0 Å². The summed E-state index contributed by atoms with van der Waals surface area (Å²) in [5, 5.41) is 19.2. The number of aliphatic carboxylic acids is 1. The van der Waals surface area contributed by atoms with Crippen LogP contribution in [0.3, 0.4) is 0 Å². The normalized spacial score (nSPS) is 10.8. The van der Waals surface area contributed by atoms with Crippen molar-refractivity contribution in [1.82, 2.24) is 0 Å². The number of aromatic hydroxyl groups is 1. The van der Waals surface area contributed by atoms with Gasteiger partial charge in [-0.3, -0.25) is 4.79 Å². The lowest BCUT2D eigenvalue weighted by Crippen LogP contribution is -2.15. The van der Waals surface area contributed by atoms with Crippen LogP contribution in [0.4, 0.5) is 0 Å². The highest BCUT2D eigenvalue weighted by Gasteiger charge is 2.17. The third-order valence-electron chi connectivity index (χ3n) is 5.13. The first-order chi connectivity index (χ1) is 15.6. The molecule has 1 unspecified atom stereocenters. The molecule has 0 heterocycles. The first-order valence-electron chi connectivity index (χ1n) is 11.8. The second-order valence-corrected chi connectivity index (χ2v) is 7.20. The molecule has 1 atom stereocenters. The Hall–Kier alpha value is -3.07. The minimum Gasteiger partial charge on any atom is -0.508 e. The molecule has 3 aromatic carbocycles.